The fraction of sp³-hybridized carbons (Fsp3) is 0.500. The standard InChI is InChI=1S/C12H18BrNO2/c1-9(14)11-8-10(13)4-5-12(11)16-7-3-2-6-15/h4-5,8-9,15H,2-3,6-7,14H2,1H3. The molecule has 1 unspecified atom stereocenters. The van der Waals surface area contributed by atoms with Gasteiger partial charge < -0.3 is 15.6 Å². The summed E-state index contributed by atoms with van der Waals surface area (Å²) in [4.78, 5) is 0. The van der Waals surface area contributed by atoms with Crippen LogP contribution < -0.4 is 10.5 Å². The van der Waals surface area contributed by atoms with E-state index in [0.29, 0.717) is 6.61 Å². The van der Waals surface area contributed by atoms with Crippen LogP contribution in [0.15, 0.2) is 22.7 Å². The number of hydrogen-bond donors (Lipinski definition) is 2. The molecule has 1 aromatic rings. The highest BCUT2D eigenvalue weighted by Gasteiger charge is 2.08. The number of rotatable bonds is 6. The minimum absolute atomic E-state index is 0.0506. The summed E-state index contributed by atoms with van der Waals surface area (Å²) in [6, 6.07) is 5.78. The molecular formula is C12H18BrNO2. The molecule has 0 saturated heterocycles. The summed E-state index contributed by atoms with van der Waals surface area (Å²) in [5.41, 5.74) is 6.87. The Balaban J connectivity index is 2.64. The van der Waals surface area contributed by atoms with E-state index in [9.17, 15) is 0 Å². The van der Waals surface area contributed by atoms with E-state index in [-0.39, 0.29) is 12.6 Å². The Morgan fingerprint density at radius 3 is 2.81 bits per heavy atom. The molecule has 3 N–H and O–H groups in total. The lowest BCUT2D eigenvalue weighted by Gasteiger charge is -2.14. The third-order valence-corrected chi connectivity index (χ3v) is 2.77. The molecule has 0 heterocycles. The number of ether oxygens (including phenoxy) is 1. The molecule has 0 amide bonds. The van der Waals surface area contributed by atoms with E-state index in [1.54, 1.807) is 0 Å². The lowest BCUT2D eigenvalue weighted by Crippen LogP contribution is -2.09. The van der Waals surface area contributed by atoms with Gasteiger partial charge in [0.2, 0.25) is 0 Å². The first-order valence-electron chi connectivity index (χ1n) is 5.44. The van der Waals surface area contributed by atoms with Crippen molar-refractivity contribution >= 4 is 15.9 Å². The van der Waals surface area contributed by atoms with Gasteiger partial charge in [-0.15, -0.1) is 0 Å². The third-order valence-electron chi connectivity index (χ3n) is 2.27. The average Bonchev–Trinajstić information content (AvgIpc) is 2.26. The zero-order chi connectivity index (χ0) is 12.0. The largest absolute Gasteiger partial charge is 0.493 e. The minimum Gasteiger partial charge on any atom is -0.493 e. The predicted molar refractivity (Wildman–Crippen MR) is 68.6 cm³/mol. The quantitative estimate of drug-likeness (QED) is 0.791. The van der Waals surface area contributed by atoms with Crippen LogP contribution in [0.2, 0.25) is 0 Å². The molecule has 16 heavy (non-hydrogen) atoms. The van der Waals surface area contributed by atoms with Crippen molar-refractivity contribution in [3.8, 4) is 5.75 Å². The van der Waals surface area contributed by atoms with Crippen LogP contribution in [0.5, 0.6) is 5.75 Å². The molecule has 0 aliphatic heterocycles. The first-order valence-corrected chi connectivity index (χ1v) is 6.23. The van der Waals surface area contributed by atoms with E-state index < -0.39 is 0 Å². The number of aliphatic hydroxyl groups is 1. The van der Waals surface area contributed by atoms with E-state index >= 15 is 0 Å². The lowest BCUT2D eigenvalue weighted by atomic mass is 10.1. The number of unbranched alkanes of at least 4 members (excludes halogenated alkanes) is 1. The smallest absolute Gasteiger partial charge is 0.124 e. The van der Waals surface area contributed by atoms with Crippen molar-refractivity contribution in [3.63, 3.8) is 0 Å². The fourth-order valence-corrected chi connectivity index (χ4v) is 1.78. The number of hydrogen-bond acceptors (Lipinski definition) is 3. The van der Waals surface area contributed by atoms with Crippen molar-refractivity contribution in [3.05, 3.63) is 28.2 Å². The van der Waals surface area contributed by atoms with Crippen LogP contribution in [0.25, 0.3) is 0 Å². The SMILES string of the molecule is CC(N)c1cc(Br)ccc1OCCCCO. The van der Waals surface area contributed by atoms with Gasteiger partial charge >= 0.3 is 0 Å². The molecule has 1 rings (SSSR count). The van der Waals surface area contributed by atoms with E-state index in [2.05, 4.69) is 15.9 Å². The molecule has 0 aliphatic carbocycles. The zero-order valence-corrected chi connectivity index (χ0v) is 11.0. The van der Waals surface area contributed by atoms with Gasteiger partial charge in [-0.05, 0) is 38.0 Å². The van der Waals surface area contributed by atoms with E-state index in [4.69, 9.17) is 15.6 Å². The van der Waals surface area contributed by atoms with Crippen LogP contribution in [0, 0.1) is 0 Å². The maximum Gasteiger partial charge on any atom is 0.124 e. The summed E-state index contributed by atoms with van der Waals surface area (Å²) in [7, 11) is 0. The topological polar surface area (TPSA) is 55.5 Å². The van der Waals surface area contributed by atoms with Gasteiger partial charge in [0.1, 0.15) is 5.75 Å². The van der Waals surface area contributed by atoms with Crippen LogP contribution in [-0.2, 0) is 0 Å². The fourth-order valence-electron chi connectivity index (χ4n) is 1.40. The Kier molecular flexibility index (Phi) is 5.80. The van der Waals surface area contributed by atoms with Crippen LogP contribution >= 0.6 is 15.9 Å². The molecule has 0 spiro atoms. The second kappa shape index (κ2) is 6.89. The molecule has 0 aliphatic rings. The molecular weight excluding hydrogens is 270 g/mol. The van der Waals surface area contributed by atoms with Crippen LogP contribution in [-0.4, -0.2) is 18.3 Å². The summed E-state index contributed by atoms with van der Waals surface area (Å²) >= 11 is 3.41. The highest BCUT2D eigenvalue weighted by molar-refractivity contribution is 9.10. The van der Waals surface area contributed by atoms with Crippen molar-refractivity contribution in [1.82, 2.24) is 0 Å². The number of benzene rings is 1. The Hall–Kier alpha value is -0.580. The van der Waals surface area contributed by atoms with Crippen molar-refractivity contribution in [2.45, 2.75) is 25.8 Å². The summed E-state index contributed by atoms with van der Waals surface area (Å²) in [5.74, 6) is 0.830. The Morgan fingerprint density at radius 2 is 2.19 bits per heavy atom. The van der Waals surface area contributed by atoms with Gasteiger partial charge in [0, 0.05) is 22.7 Å². The van der Waals surface area contributed by atoms with Gasteiger partial charge in [-0.25, -0.2) is 0 Å². The highest BCUT2D eigenvalue weighted by Crippen LogP contribution is 2.27. The average molecular weight is 288 g/mol. The molecule has 0 saturated carbocycles. The summed E-state index contributed by atoms with van der Waals surface area (Å²) in [6.45, 7) is 2.76. The van der Waals surface area contributed by atoms with Gasteiger partial charge in [0.25, 0.3) is 0 Å². The Morgan fingerprint density at radius 1 is 1.44 bits per heavy atom. The first-order chi connectivity index (χ1) is 7.65. The van der Waals surface area contributed by atoms with Gasteiger partial charge in [-0.1, -0.05) is 15.9 Å². The lowest BCUT2D eigenvalue weighted by molar-refractivity contribution is 0.252. The van der Waals surface area contributed by atoms with Crippen molar-refractivity contribution in [2.24, 2.45) is 5.73 Å². The Bertz CT molecular complexity index is 329. The maximum absolute atomic E-state index is 8.66. The minimum atomic E-state index is -0.0506. The van der Waals surface area contributed by atoms with Crippen molar-refractivity contribution < 1.29 is 9.84 Å². The zero-order valence-electron chi connectivity index (χ0n) is 9.45. The van der Waals surface area contributed by atoms with Crippen molar-refractivity contribution in [1.29, 1.82) is 0 Å². The first kappa shape index (κ1) is 13.5. The van der Waals surface area contributed by atoms with Crippen LogP contribution in [0.4, 0.5) is 0 Å². The molecule has 0 radical (unpaired) electrons. The summed E-state index contributed by atoms with van der Waals surface area (Å²) in [5, 5.41) is 8.66. The maximum atomic E-state index is 8.66. The number of halogens is 1. The van der Waals surface area contributed by atoms with Crippen LogP contribution in [0.1, 0.15) is 31.4 Å². The molecule has 3 nitrogen and oxygen atoms in total. The number of aliphatic hydroxyl groups excluding tert-OH is 1. The van der Waals surface area contributed by atoms with Gasteiger partial charge in [0.15, 0.2) is 0 Å². The molecule has 4 heteroatoms. The van der Waals surface area contributed by atoms with E-state index in [1.165, 1.54) is 0 Å². The van der Waals surface area contributed by atoms with E-state index in [1.807, 2.05) is 25.1 Å². The number of nitrogens with two attached hydrogens (primary N) is 1. The molecule has 1 aromatic carbocycles. The van der Waals surface area contributed by atoms with Crippen LogP contribution in [0.3, 0.4) is 0 Å². The second-order valence-electron chi connectivity index (χ2n) is 3.75. The third kappa shape index (κ3) is 4.12. The highest BCUT2D eigenvalue weighted by atomic mass is 79.9. The second-order valence-corrected chi connectivity index (χ2v) is 4.67. The monoisotopic (exact) mass is 287 g/mol. The summed E-state index contributed by atoms with van der Waals surface area (Å²) < 4.78 is 6.65. The molecule has 0 bridgehead atoms. The normalized spacial score (nSPS) is 12.5. The molecule has 1 atom stereocenters. The van der Waals surface area contributed by atoms with Gasteiger partial charge in [0.05, 0.1) is 6.61 Å². The predicted octanol–water partition coefficient (Wildman–Crippen LogP) is 2.62. The van der Waals surface area contributed by atoms with E-state index in [0.717, 1.165) is 28.6 Å². The molecule has 0 fully saturated rings. The summed E-state index contributed by atoms with van der Waals surface area (Å²) in [6.07, 6.45) is 1.62. The Labute approximate surface area is 105 Å². The van der Waals surface area contributed by atoms with Gasteiger partial charge in [-0.2, -0.15) is 0 Å². The molecule has 90 valence electrons. The van der Waals surface area contributed by atoms with Gasteiger partial charge in [-0.3, -0.25) is 0 Å². The van der Waals surface area contributed by atoms with Crippen molar-refractivity contribution in [2.75, 3.05) is 13.2 Å². The molecule has 0 aromatic heterocycles.